The van der Waals surface area contributed by atoms with E-state index in [0.717, 1.165) is 19.6 Å². The number of likely N-dealkylation sites (N-methyl/N-ethyl adjacent to an activating group) is 1. The minimum absolute atomic E-state index is 0.153. The van der Waals surface area contributed by atoms with Crippen molar-refractivity contribution in [3.8, 4) is 0 Å². The van der Waals surface area contributed by atoms with Gasteiger partial charge >= 0.3 is 0 Å². The molecule has 1 rings (SSSR count). The molecule has 21 heavy (non-hydrogen) atoms. The molecule has 0 bridgehead atoms. The molecule has 0 aliphatic heterocycles. The summed E-state index contributed by atoms with van der Waals surface area (Å²) in [6.07, 6.45) is 1.69. The van der Waals surface area contributed by atoms with Crippen molar-refractivity contribution >= 4 is 11.6 Å². The number of rotatable bonds is 8. The number of amides is 1. The second-order valence-corrected chi connectivity index (χ2v) is 5.33. The van der Waals surface area contributed by atoms with E-state index in [9.17, 15) is 4.79 Å². The van der Waals surface area contributed by atoms with Crippen LogP contribution in [0.3, 0.4) is 0 Å². The van der Waals surface area contributed by atoms with Gasteiger partial charge in [0.2, 0.25) is 0 Å². The van der Waals surface area contributed by atoms with Gasteiger partial charge in [-0.1, -0.05) is 20.8 Å². The fourth-order valence-corrected chi connectivity index (χ4v) is 1.77. The molecule has 0 fully saturated rings. The van der Waals surface area contributed by atoms with Gasteiger partial charge in [0.25, 0.3) is 5.91 Å². The van der Waals surface area contributed by atoms with Gasteiger partial charge in [-0.25, -0.2) is 9.97 Å². The van der Waals surface area contributed by atoms with Crippen LogP contribution in [0.25, 0.3) is 0 Å². The van der Waals surface area contributed by atoms with E-state index < -0.39 is 0 Å². The average Bonchev–Trinajstić information content (AvgIpc) is 2.47. The molecule has 1 amide bonds. The Kier molecular flexibility index (Phi) is 7.08. The summed E-state index contributed by atoms with van der Waals surface area (Å²) in [6.45, 7) is 11.2. The van der Waals surface area contributed by atoms with Crippen molar-refractivity contribution in [1.29, 1.82) is 0 Å². The number of nitrogens with zero attached hydrogens (tertiary/aromatic N) is 3. The lowest BCUT2D eigenvalue weighted by Crippen LogP contribution is -2.34. The van der Waals surface area contributed by atoms with Gasteiger partial charge in [-0.3, -0.25) is 4.79 Å². The standard InChI is InChI=1S/C15H27N5O/c1-6-16-12-10-18-14(11(3)4)19-13(12)15(21)17-8-9-20(5)7-2/h10-11,16H,6-9H2,1-5H3,(H,17,21). The molecule has 0 saturated heterocycles. The van der Waals surface area contributed by atoms with E-state index in [-0.39, 0.29) is 11.8 Å². The molecular formula is C15H27N5O. The van der Waals surface area contributed by atoms with Crippen LogP contribution in [0.4, 0.5) is 5.69 Å². The van der Waals surface area contributed by atoms with Gasteiger partial charge in [-0.2, -0.15) is 0 Å². The summed E-state index contributed by atoms with van der Waals surface area (Å²) in [5, 5.41) is 6.06. The minimum atomic E-state index is -0.153. The maximum atomic E-state index is 12.3. The normalized spacial score (nSPS) is 11.0. The Balaban J connectivity index is 2.81. The summed E-state index contributed by atoms with van der Waals surface area (Å²) in [5.41, 5.74) is 1.11. The Morgan fingerprint density at radius 3 is 2.67 bits per heavy atom. The Labute approximate surface area is 127 Å². The molecule has 0 radical (unpaired) electrons. The Morgan fingerprint density at radius 1 is 1.38 bits per heavy atom. The topological polar surface area (TPSA) is 70.1 Å². The summed E-state index contributed by atoms with van der Waals surface area (Å²) in [5.74, 6) is 0.727. The molecule has 2 N–H and O–H groups in total. The molecule has 0 aromatic carbocycles. The lowest BCUT2D eigenvalue weighted by atomic mass is 10.2. The summed E-state index contributed by atoms with van der Waals surface area (Å²) < 4.78 is 0. The lowest BCUT2D eigenvalue weighted by molar-refractivity contribution is 0.0945. The summed E-state index contributed by atoms with van der Waals surface area (Å²) in [4.78, 5) is 23.2. The number of hydrogen-bond acceptors (Lipinski definition) is 5. The van der Waals surface area contributed by atoms with Crippen LogP contribution in [0.5, 0.6) is 0 Å². The third-order valence-electron chi connectivity index (χ3n) is 3.23. The number of anilines is 1. The van der Waals surface area contributed by atoms with Crippen LogP contribution in [0.1, 0.15) is 49.9 Å². The highest BCUT2D eigenvalue weighted by molar-refractivity contribution is 5.97. The Bertz CT molecular complexity index is 461. The smallest absolute Gasteiger partial charge is 0.272 e. The first kappa shape index (κ1) is 17.4. The number of carbonyl (C=O) groups excluding carboxylic acids is 1. The predicted octanol–water partition coefficient (Wildman–Crippen LogP) is 1.71. The number of hydrogen-bond donors (Lipinski definition) is 2. The van der Waals surface area contributed by atoms with Crippen LogP contribution in [0, 0.1) is 0 Å². The Morgan fingerprint density at radius 2 is 2.10 bits per heavy atom. The molecule has 0 atom stereocenters. The third kappa shape index (κ3) is 5.30. The van der Waals surface area contributed by atoms with Crippen molar-refractivity contribution in [2.75, 3.05) is 38.5 Å². The van der Waals surface area contributed by atoms with Crippen LogP contribution in [0.2, 0.25) is 0 Å². The van der Waals surface area contributed by atoms with Gasteiger partial charge in [-0.05, 0) is 20.5 Å². The molecule has 1 aromatic rings. The molecule has 1 aromatic heterocycles. The summed E-state index contributed by atoms with van der Waals surface area (Å²) in [6, 6.07) is 0. The highest BCUT2D eigenvalue weighted by atomic mass is 16.1. The number of aromatic nitrogens is 2. The van der Waals surface area contributed by atoms with E-state index in [1.54, 1.807) is 6.20 Å². The van der Waals surface area contributed by atoms with Crippen LogP contribution in [-0.2, 0) is 0 Å². The molecule has 0 aliphatic carbocycles. The van der Waals surface area contributed by atoms with Gasteiger partial charge in [0.05, 0.1) is 11.9 Å². The van der Waals surface area contributed by atoms with E-state index >= 15 is 0 Å². The predicted molar refractivity (Wildman–Crippen MR) is 85.8 cm³/mol. The SMILES string of the molecule is CCNc1cnc(C(C)C)nc1C(=O)NCCN(C)CC. The zero-order valence-electron chi connectivity index (χ0n) is 13.7. The molecule has 0 saturated carbocycles. The summed E-state index contributed by atoms with van der Waals surface area (Å²) >= 11 is 0. The van der Waals surface area contributed by atoms with Gasteiger partial charge in [-0.15, -0.1) is 0 Å². The minimum Gasteiger partial charge on any atom is -0.382 e. The first-order valence-corrected chi connectivity index (χ1v) is 7.57. The van der Waals surface area contributed by atoms with Gasteiger partial charge in [0.15, 0.2) is 5.69 Å². The van der Waals surface area contributed by atoms with Crippen molar-refractivity contribution in [3.63, 3.8) is 0 Å². The fraction of sp³-hybridized carbons (Fsp3) is 0.667. The lowest BCUT2D eigenvalue weighted by Gasteiger charge is -2.15. The van der Waals surface area contributed by atoms with Crippen LogP contribution in [0.15, 0.2) is 6.20 Å². The van der Waals surface area contributed by atoms with Crippen molar-refractivity contribution in [1.82, 2.24) is 20.2 Å². The monoisotopic (exact) mass is 293 g/mol. The highest BCUT2D eigenvalue weighted by Gasteiger charge is 2.16. The maximum absolute atomic E-state index is 12.3. The van der Waals surface area contributed by atoms with Gasteiger partial charge < -0.3 is 15.5 Å². The fourth-order valence-electron chi connectivity index (χ4n) is 1.77. The van der Waals surface area contributed by atoms with Crippen molar-refractivity contribution < 1.29 is 4.79 Å². The maximum Gasteiger partial charge on any atom is 0.272 e. The van der Waals surface area contributed by atoms with Crippen LogP contribution < -0.4 is 10.6 Å². The number of carbonyl (C=O) groups is 1. The van der Waals surface area contributed by atoms with E-state index in [4.69, 9.17) is 0 Å². The van der Waals surface area contributed by atoms with Gasteiger partial charge in [0, 0.05) is 25.6 Å². The number of nitrogens with one attached hydrogen (secondary N) is 2. The molecule has 6 heteroatoms. The van der Waals surface area contributed by atoms with Crippen LogP contribution in [-0.4, -0.2) is 54.0 Å². The Hall–Kier alpha value is -1.69. The van der Waals surface area contributed by atoms with Crippen molar-refractivity contribution in [2.45, 2.75) is 33.6 Å². The second kappa shape index (κ2) is 8.56. The molecule has 6 nitrogen and oxygen atoms in total. The van der Waals surface area contributed by atoms with E-state index in [0.29, 0.717) is 23.8 Å². The third-order valence-corrected chi connectivity index (χ3v) is 3.23. The van der Waals surface area contributed by atoms with Gasteiger partial charge in [0.1, 0.15) is 5.82 Å². The van der Waals surface area contributed by atoms with E-state index in [1.165, 1.54) is 0 Å². The molecule has 118 valence electrons. The summed E-state index contributed by atoms with van der Waals surface area (Å²) in [7, 11) is 2.03. The van der Waals surface area contributed by atoms with Crippen LogP contribution >= 0.6 is 0 Å². The van der Waals surface area contributed by atoms with E-state index in [2.05, 4.69) is 32.4 Å². The molecular weight excluding hydrogens is 266 g/mol. The quantitative estimate of drug-likeness (QED) is 0.763. The molecule has 0 spiro atoms. The first-order valence-electron chi connectivity index (χ1n) is 7.57. The zero-order chi connectivity index (χ0) is 15.8. The molecule has 1 heterocycles. The van der Waals surface area contributed by atoms with Crippen molar-refractivity contribution in [2.24, 2.45) is 0 Å². The molecule has 0 unspecified atom stereocenters. The highest BCUT2D eigenvalue weighted by Crippen LogP contribution is 2.16. The average molecular weight is 293 g/mol. The zero-order valence-corrected chi connectivity index (χ0v) is 13.7. The first-order chi connectivity index (χ1) is 9.99. The largest absolute Gasteiger partial charge is 0.382 e. The second-order valence-electron chi connectivity index (χ2n) is 5.33. The van der Waals surface area contributed by atoms with E-state index in [1.807, 2.05) is 27.8 Å². The molecule has 0 aliphatic rings. The van der Waals surface area contributed by atoms with Crippen molar-refractivity contribution in [3.05, 3.63) is 17.7 Å².